The molecular formula is H3AlFeLaZn. The van der Waals surface area contributed by atoms with Gasteiger partial charge in [0.15, 0.2) is 17.4 Å². The van der Waals surface area contributed by atoms with Crippen molar-refractivity contribution in [3.8, 4) is 0 Å². The molecule has 0 aliphatic carbocycles. The molecule has 0 saturated carbocycles. The molecule has 1 radical (unpaired) electrons. The Morgan fingerprint density at radius 1 is 1.00 bits per heavy atom. The van der Waals surface area contributed by atoms with E-state index in [-0.39, 0.29) is 89.5 Å². The third kappa shape index (κ3) is 8.85. The summed E-state index contributed by atoms with van der Waals surface area (Å²) in [6.45, 7) is 0. The Kier molecular flexibility index (Phi) is 121. The van der Waals surface area contributed by atoms with E-state index in [0.717, 1.165) is 0 Å². The summed E-state index contributed by atoms with van der Waals surface area (Å²) in [5.74, 6) is 0. The molecule has 0 aliphatic heterocycles. The van der Waals surface area contributed by atoms with Crippen LogP contribution < -0.4 is 0 Å². The van der Waals surface area contributed by atoms with Gasteiger partial charge in [0.25, 0.3) is 0 Å². The van der Waals surface area contributed by atoms with Crippen LogP contribution in [0.3, 0.4) is 0 Å². The normalized spacial score (nSPS) is 0. The van der Waals surface area contributed by atoms with E-state index in [2.05, 4.69) is 0 Å². The summed E-state index contributed by atoms with van der Waals surface area (Å²) in [5, 5.41) is 0. The molecule has 4 heteroatoms. The molecule has 0 nitrogen and oxygen atoms in total. The molecule has 0 aromatic heterocycles. The predicted octanol–water partition coefficient (Wildman–Crippen LogP) is -1.19. The van der Waals surface area contributed by atoms with E-state index in [1.165, 1.54) is 0 Å². The fourth-order valence-electron chi connectivity index (χ4n) is 0. The SMILES string of the molecule is [AlH3].[Fe].[La].[Zn]. The van der Waals surface area contributed by atoms with Crippen molar-refractivity contribution in [2.75, 3.05) is 0 Å². The molecule has 0 atom stereocenters. The molecule has 0 unspecified atom stereocenters. The fourth-order valence-corrected chi connectivity index (χ4v) is 0. The van der Waals surface area contributed by atoms with E-state index in [1.54, 1.807) is 0 Å². The maximum Gasteiger partial charge on any atom is 0.187 e. The van der Waals surface area contributed by atoms with Crippen LogP contribution in [-0.2, 0) is 36.5 Å². The summed E-state index contributed by atoms with van der Waals surface area (Å²) in [4.78, 5) is 0. The van der Waals surface area contributed by atoms with E-state index in [4.69, 9.17) is 0 Å². The number of rotatable bonds is 0. The van der Waals surface area contributed by atoms with Gasteiger partial charge in [0.2, 0.25) is 0 Å². The second-order valence-corrected chi connectivity index (χ2v) is 0. The summed E-state index contributed by atoms with van der Waals surface area (Å²) in [5.41, 5.74) is 0. The summed E-state index contributed by atoms with van der Waals surface area (Å²) in [6, 6.07) is 0. The molecule has 4 heavy (non-hydrogen) atoms. The first-order valence-corrected chi connectivity index (χ1v) is 0. The molecule has 0 saturated heterocycles. The first-order chi connectivity index (χ1) is 0. The zero-order chi connectivity index (χ0) is 0. The average Bonchev–Trinajstić information content (AvgIpc) is 0. The molecule has 0 fully saturated rings. The Hall–Kier alpha value is 2.87. The summed E-state index contributed by atoms with van der Waals surface area (Å²) >= 11 is 0. The van der Waals surface area contributed by atoms with Gasteiger partial charge in [-0.15, -0.1) is 0 Å². The first-order valence-electron chi connectivity index (χ1n) is 0. The summed E-state index contributed by atoms with van der Waals surface area (Å²) in [7, 11) is 0. The van der Waals surface area contributed by atoms with Crippen molar-refractivity contribution in [3.63, 3.8) is 0 Å². The second kappa shape index (κ2) is 16.9. The van der Waals surface area contributed by atoms with E-state index in [9.17, 15) is 0 Å². The zero-order valence-electron chi connectivity index (χ0n) is 1.64. The molecule has 0 aliphatic rings. The van der Waals surface area contributed by atoms with Crippen LogP contribution in [0.1, 0.15) is 0 Å². The van der Waals surface area contributed by atoms with Crippen LogP contribution in [0.2, 0.25) is 0 Å². The van der Waals surface area contributed by atoms with Gasteiger partial charge in [0, 0.05) is 72.1 Å². The van der Waals surface area contributed by atoms with Gasteiger partial charge in [-0.05, 0) is 0 Å². The van der Waals surface area contributed by atoms with E-state index < -0.39 is 0 Å². The Labute approximate surface area is 87.8 Å². The van der Waals surface area contributed by atoms with Crippen LogP contribution >= 0.6 is 0 Å². The van der Waals surface area contributed by atoms with Gasteiger partial charge in [-0.25, -0.2) is 0 Å². The van der Waals surface area contributed by atoms with Crippen molar-refractivity contribution < 1.29 is 72.1 Å². The Bertz CT molecular complexity index is 8.00. The van der Waals surface area contributed by atoms with Crippen molar-refractivity contribution >= 4 is 17.4 Å². The molecule has 0 spiro atoms. The molecule has 0 rings (SSSR count). The molecule has 0 aromatic carbocycles. The van der Waals surface area contributed by atoms with Gasteiger partial charge in [-0.1, -0.05) is 0 Å². The first kappa shape index (κ1) is 28.7. The van der Waals surface area contributed by atoms with Crippen molar-refractivity contribution in [2.24, 2.45) is 0 Å². The van der Waals surface area contributed by atoms with E-state index >= 15 is 0 Å². The van der Waals surface area contributed by atoms with Crippen molar-refractivity contribution in [3.05, 3.63) is 0 Å². The number of hydrogen-bond acceptors (Lipinski definition) is 0. The minimum absolute atomic E-state index is 0. The minimum Gasteiger partial charge on any atom is 0 e. The maximum absolute atomic E-state index is 0. The molecule has 0 amide bonds. The Morgan fingerprint density at radius 3 is 1.00 bits per heavy atom. The smallest absolute Gasteiger partial charge is 0 e. The van der Waals surface area contributed by atoms with Crippen molar-refractivity contribution in [2.45, 2.75) is 0 Å². The fraction of sp³-hybridized carbons (Fsp3) is 0. The zero-order valence-corrected chi connectivity index (χ0v) is 9.34. The molecule has 19 valence electrons. The second-order valence-electron chi connectivity index (χ2n) is 0. The van der Waals surface area contributed by atoms with Gasteiger partial charge in [-0.3, -0.25) is 0 Å². The van der Waals surface area contributed by atoms with Crippen LogP contribution in [0.5, 0.6) is 0 Å². The van der Waals surface area contributed by atoms with Crippen LogP contribution in [-0.4, -0.2) is 17.4 Å². The predicted molar refractivity (Wildman–Crippen MR) is 9.94 cm³/mol. The van der Waals surface area contributed by atoms with Gasteiger partial charge in [0.1, 0.15) is 0 Å². The molecule has 0 heterocycles. The van der Waals surface area contributed by atoms with Crippen LogP contribution in [0.15, 0.2) is 0 Å². The van der Waals surface area contributed by atoms with Crippen molar-refractivity contribution in [1.29, 1.82) is 0 Å². The van der Waals surface area contributed by atoms with E-state index in [0.29, 0.717) is 0 Å². The van der Waals surface area contributed by atoms with Gasteiger partial charge in [0.05, 0.1) is 0 Å². The quantitative estimate of drug-likeness (QED) is 0.492. The third-order valence-corrected chi connectivity index (χ3v) is 0. The Morgan fingerprint density at radius 2 is 1.00 bits per heavy atom. The molecule has 0 N–H and O–H groups in total. The number of hydrogen-bond donors (Lipinski definition) is 0. The third-order valence-electron chi connectivity index (χ3n) is 0. The molecule has 0 aromatic rings. The van der Waals surface area contributed by atoms with Crippen LogP contribution in [0.4, 0.5) is 0 Å². The van der Waals surface area contributed by atoms with Crippen molar-refractivity contribution in [1.82, 2.24) is 0 Å². The molecule has 0 bridgehead atoms. The largest absolute Gasteiger partial charge is 0.187 e. The van der Waals surface area contributed by atoms with Crippen LogP contribution in [0.25, 0.3) is 0 Å². The van der Waals surface area contributed by atoms with E-state index in [1.807, 2.05) is 0 Å². The van der Waals surface area contributed by atoms with Gasteiger partial charge < -0.3 is 0 Å². The average molecular weight is 290 g/mol. The Balaban J connectivity index is 0. The summed E-state index contributed by atoms with van der Waals surface area (Å²) in [6.07, 6.45) is 0. The monoisotopic (exact) mass is 289 g/mol. The topological polar surface area (TPSA) is 0 Å². The molecular weight excluding hydrogens is 287 g/mol. The van der Waals surface area contributed by atoms with Gasteiger partial charge >= 0.3 is 0 Å². The maximum atomic E-state index is 0. The standard InChI is InChI=1S/Al.Fe.La.Zn.3H. The minimum atomic E-state index is 0. The van der Waals surface area contributed by atoms with Crippen LogP contribution in [0, 0.1) is 35.6 Å². The summed E-state index contributed by atoms with van der Waals surface area (Å²) < 4.78 is 0. The van der Waals surface area contributed by atoms with Gasteiger partial charge in [-0.2, -0.15) is 0 Å².